The van der Waals surface area contributed by atoms with E-state index in [9.17, 15) is 9.59 Å². The highest BCUT2D eigenvalue weighted by atomic mass is 16.5. The highest BCUT2D eigenvalue weighted by Gasteiger charge is 2.35. The molecular weight excluding hydrogens is 346 g/mol. The van der Waals surface area contributed by atoms with Crippen molar-refractivity contribution in [3.05, 3.63) is 53.3 Å². The number of para-hydroxylation sites is 1. The number of carbonyl (C=O) groups is 2. The van der Waals surface area contributed by atoms with Gasteiger partial charge in [0.15, 0.2) is 5.76 Å². The Bertz CT molecular complexity index is 1020. The number of rotatable bonds is 2. The number of hydrogen-bond acceptors (Lipinski definition) is 5. The van der Waals surface area contributed by atoms with Gasteiger partial charge in [-0.05, 0) is 11.6 Å². The van der Waals surface area contributed by atoms with Crippen LogP contribution in [0, 0.1) is 0 Å². The van der Waals surface area contributed by atoms with Gasteiger partial charge in [-0.25, -0.2) is 0 Å². The first-order valence-corrected chi connectivity index (χ1v) is 8.85. The molecule has 0 radical (unpaired) electrons. The van der Waals surface area contributed by atoms with E-state index in [0.29, 0.717) is 31.0 Å². The molecule has 0 unspecified atom stereocenters. The Labute approximate surface area is 154 Å². The molecule has 8 heteroatoms. The second-order valence-electron chi connectivity index (χ2n) is 6.81. The van der Waals surface area contributed by atoms with E-state index in [4.69, 9.17) is 4.52 Å². The molecule has 1 aromatic carbocycles. The maximum atomic E-state index is 13.3. The predicted octanol–water partition coefficient (Wildman–Crippen LogP) is 2.08. The fraction of sp³-hybridized carbons (Fsp3) is 0.263. The summed E-state index contributed by atoms with van der Waals surface area (Å²) in [7, 11) is 0. The molecule has 1 atom stereocenters. The van der Waals surface area contributed by atoms with Crippen LogP contribution >= 0.6 is 0 Å². The lowest BCUT2D eigenvalue weighted by Gasteiger charge is -2.32. The lowest BCUT2D eigenvalue weighted by Crippen LogP contribution is -2.41. The van der Waals surface area contributed by atoms with Gasteiger partial charge in [0.25, 0.3) is 0 Å². The number of anilines is 1. The SMILES string of the molecule is O=C1C[C@H](C(=O)N2CCc3[nH]nc(-c4ccno4)c3C2)c2ccccc2N1. The molecule has 2 aliphatic heterocycles. The van der Waals surface area contributed by atoms with Gasteiger partial charge in [-0.15, -0.1) is 0 Å². The molecule has 0 saturated carbocycles. The summed E-state index contributed by atoms with van der Waals surface area (Å²) in [4.78, 5) is 27.1. The van der Waals surface area contributed by atoms with Gasteiger partial charge >= 0.3 is 0 Å². The summed E-state index contributed by atoms with van der Waals surface area (Å²) in [5.74, 6) is -0.0515. The van der Waals surface area contributed by atoms with Gasteiger partial charge in [0.1, 0.15) is 5.69 Å². The van der Waals surface area contributed by atoms with Crippen LogP contribution in [0.4, 0.5) is 5.69 Å². The summed E-state index contributed by atoms with van der Waals surface area (Å²) in [6, 6.07) is 9.24. The minimum absolute atomic E-state index is 0.0346. The normalized spacial score (nSPS) is 18.6. The Morgan fingerprint density at radius 1 is 1.26 bits per heavy atom. The molecule has 8 nitrogen and oxygen atoms in total. The van der Waals surface area contributed by atoms with Crippen LogP contribution in [0.25, 0.3) is 11.5 Å². The standard InChI is InChI=1S/C19H17N5O3/c25-17-9-12(11-3-1-2-4-14(11)21-17)19(26)24-8-6-15-13(10-24)18(23-22-15)16-5-7-20-27-16/h1-5,7,12H,6,8-10H2,(H,21,25)(H,22,23)/t12-/m0/s1. The Morgan fingerprint density at radius 3 is 3.00 bits per heavy atom. The van der Waals surface area contributed by atoms with Gasteiger partial charge in [-0.2, -0.15) is 5.10 Å². The fourth-order valence-electron chi connectivity index (χ4n) is 3.88. The average molecular weight is 363 g/mol. The van der Waals surface area contributed by atoms with E-state index in [1.54, 1.807) is 17.2 Å². The highest BCUT2D eigenvalue weighted by Crippen LogP contribution is 2.35. The van der Waals surface area contributed by atoms with Crippen LogP contribution in [0.3, 0.4) is 0 Å². The van der Waals surface area contributed by atoms with E-state index in [-0.39, 0.29) is 18.2 Å². The number of H-pyrrole nitrogens is 1. The summed E-state index contributed by atoms with van der Waals surface area (Å²) >= 11 is 0. The molecule has 0 fully saturated rings. The van der Waals surface area contributed by atoms with E-state index in [1.807, 2.05) is 24.3 Å². The molecule has 136 valence electrons. The topological polar surface area (TPSA) is 104 Å². The van der Waals surface area contributed by atoms with Gasteiger partial charge in [0.05, 0.1) is 12.1 Å². The number of amides is 2. The van der Waals surface area contributed by atoms with Gasteiger partial charge in [0, 0.05) is 48.9 Å². The lowest BCUT2D eigenvalue weighted by atomic mass is 9.88. The summed E-state index contributed by atoms with van der Waals surface area (Å²) in [6.07, 6.45) is 2.42. The van der Waals surface area contributed by atoms with Crippen molar-refractivity contribution in [3.63, 3.8) is 0 Å². The summed E-state index contributed by atoms with van der Waals surface area (Å²) < 4.78 is 5.23. The number of nitrogens with zero attached hydrogens (tertiary/aromatic N) is 3. The smallest absolute Gasteiger partial charge is 0.231 e. The molecule has 0 spiro atoms. The second-order valence-corrected chi connectivity index (χ2v) is 6.81. The van der Waals surface area contributed by atoms with Crippen molar-refractivity contribution in [1.29, 1.82) is 0 Å². The first-order valence-electron chi connectivity index (χ1n) is 8.85. The van der Waals surface area contributed by atoms with Crippen LogP contribution < -0.4 is 5.32 Å². The average Bonchev–Trinajstić information content (AvgIpc) is 3.35. The monoisotopic (exact) mass is 363 g/mol. The summed E-state index contributed by atoms with van der Waals surface area (Å²) in [6.45, 7) is 1.02. The first kappa shape index (κ1) is 15.8. The Balaban J connectivity index is 1.45. The number of carbonyl (C=O) groups excluding carboxylic acids is 2. The Morgan fingerprint density at radius 2 is 2.15 bits per heavy atom. The van der Waals surface area contributed by atoms with Crippen LogP contribution in [0.5, 0.6) is 0 Å². The van der Waals surface area contributed by atoms with Crippen molar-refractivity contribution in [3.8, 4) is 11.5 Å². The van der Waals surface area contributed by atoms with Crippen molar-refractivity contribution in [2.45, 2.75) is 25.3 Å². The number of benzene rings is 1. The van der Waals surface area contributed by atoms with Crippen molar-refractivity contribution < 1.29 is 14.1 Å². The Kier molecular flexibility index (Phi) is 3.56. The lowest BCUT2D eigenvalue weighted by molar-refractivity contribution is -0.135. The number of fused-ring (bicyclic) bond motifs is 2. The molecule has 0 bridgehead atoms. The summed E-state index contributed by atoms with van der Waals surface area (Å²) in [5.41, 5.74) is 4.22. The van der Waals surface area contributed by atoms with Crippen molar-refractivity contribution in [1.82, 2.24) is 20.3 Å². The zero-order valence-electron chi connectivity index (χ0n) is 14.4. The van der Waals surface area contributed by atoms with E-state index in [1.165, 1.54) is 0 Å². The van der Waals surface area contributed by atoms with Gasteiger partial charge < -0.3 is 14.7 Å². The molecule has 0 saturated heterocycles. The van der Waals surface area contributed by atoms with E-state index in [0.717, 1.165) is 22.5 Å². The van der Waals surface area contributed by atoms with Crippen LogP contribution in [0.15, 0.2) is 41.1 Å². The van der Waals surface area contributed by atoms with E-state index >= 15 is 0 Å². The van der Waals surface area contributed by atoms with Crippen LogP contribution in [0.2, 0.25) is 0 Å². The molecular formula is C19H17N5O3. The van der Waals surface area contributed by atoms with Crippen molar-refractivity contribution in [2.24, 2.45) is 0 Å². The van der Waals surface area contributed by atoms with E-state index < -0.39 is 5.92 Å². The molecule has 0 aliphatic carbocycles. The van der Waals surface area contributed by atoms with Gasteiger partial charge in [-0.3, -0.25) is 14.7 Å². The second kappa shape index (κ2) is 6.08. The zero-order chi connectivity index (χ0) is 18.4. The predicted molar refractivity (Wildman–Crippen MR) is 95.6 cm³/mol. The fourth-order valence-corrected chi connectivity index (χ4v) is 3.88. The van der Waals surface area contributed by atoms with Crippen LogP contribution in [-0.4, -0.2) is 38.6 Å². The third-order valence-electron chi connectivity index (χ3n) is 5.21. The maximum Gasteiger partial charge on any atom is 0.231 e. The molecule has 5 rings (SSSR count). The minimum atomic E-state index is -0.461. The number of nitrogens with one attached hydrogen (secondary N) is 2. The highest BCUT2D eigenvalue weighted by molar-refractivity contribution is 6.01. The maximum absolute atomic E-state index is 13.3. The van der Waals surface area contributed by atoms with Crippen LogP contribution in [0.1, 0.15) is 29.2 Å². The van der Waals surface area contributed by atoms with Crippen LogP contribution in [-0.2, 0) is 22.6 Å². The van der Waals surface area contributed by atoms with Gasteiger partial charge in [-0.1, -0.05) is 23.4 Å². The quantitative estimate of drug-likeness (QED) is 0.725. The Hall–Kier alpha value is -3.42. The van der Waals surface area contributed by atoms with Crippen molar-refractivity contribution >= 4 is 17.5 Å². The van der Waals surface area contributed by atoms with Crippen molar-refractivity contribution in [2.75, 3.05) is 11.9 Å². The van der Waals surface area contributed by atoms with E-state index in [2.05, 4.69) is 20.7 Å². The molecule has 2 N–H and O–H groups in total. The number of hydrogen-bond donors (Lipinski definition) is 2. The number of aromatic amines is 1. The van der Waals surface area contributed by atoms with Gasteiger partial charge in [0.2, 0.25) is 11.8 Å². The molecule has 3 aromatic rings. The molecule has 2 aliphatic rings. The minimum Gasteiger partial charge on any atom is -0.355 e. The largest absolute Gasteiger partial charge is 0.355 e. The first-order chi connectivity index (χ1) is 13.2. The summed E-state index contributed by atoms with van der Waals surface area (Å²) in [5, 5.41) is 13.9. The number of aromatic nitrogens is 3. The third-order valence-corrected chi connectivity index (χ3v) is 5.21. The zero-order valence-corrected chi connectivity index (χ0v) is 14.4. The molecule has 2 aromatic heterocycles. The third kappa shape index (κ3) is 2.61. The molecule has 4 heterocycles. The molecule has 27 heavy (non-hydrogen) atoms. The molecule has 2 amide bonds.